The Labute approximate surface area is 126 Å². The van der Waals surface area contributed by atoms with Gasteiger partial charge in [-0.05, 0) is 6.42 Å². The van der Waals surface area contributed by atoms with Gasteiger partial charge >= 0.3 is 0 Å². The Morgan fingerprint density at radius 1 is 1.32 bits per heavy atom. The molecule has 3 heterocycles. The fourth-order valence-electron chi connectivity index (χ4n) is 2.63. The number of nitrogens with zero attached hydrogens (tertiary/aromatic N) is 4. The van der Waals surface area contributed by atoms with Crippen molar-refractivity contribution in [1.29, 1.82) is 0 Å². The lowest BCUT2D eigenvalue weighted by molar-refractivity contribution is -0.0511. The quantitative estimate of drug-likeness (QED) is 0.569. The van der Waals surface area contributed by atoms with E-state index in [2.05, 4.69) is 20.3 Å². The van der Waals surface area contributed by atoms with Crippen molar-refractivity contribution in [3.8, 4) is 0 Å². The molecular weight excluding hydrogens is 290 g/mol. The summed E-state index contributed by atoms with van der Waals surface area (Å²) in [6.45, 7) is 1.59. The number of aliphatic hydroxyl groups excluding tert-OH is 3. The maximum absolute atomic E-state index is 10.1. The van der Waals surface area contributed by atoms with Gasteiger partial charge in [0.05, 0.1) is 18.6 Å². The van der Waals surface area contributed by atoms with E-state index in [4.69, 9.17) is 4.74 Å². The minimum absolute atomic E-state index is 0.377. The highest BCUT2D eigenvalue weighted by Crippen LogP contribution is 2.31. The summed E-state index contributed by atoms with van der Waals surface area (Å²) in [5, 5.41) is 32.1. The van der Waals surface area contributed by atoms with E-state index in [9.17, 15) is 15.3 Å². The zero-order valence-electron chi connectivity index (χ0n) is 12.3. The number of anilines is 1. The van der Waals surface area contributed by atoms with Crippen molar-refractivity contribution in [2.75, 3.05) is 19.0 Å². The molecule has 0 amide bonds. The van der Waals surface area contributed by atoms with Gasteiger partial charge < -0.3 is 25.4 Å². The lowest BCUT2D eigenvalue weighted by Crippen LogP contribution is -2.33. The Hall–Kier alpha value is -1.81. The minimum Gasteiger partial charge on any atom is -0.394 e. The van der Waals surface area contributed by atoms with Crippen LogP contribution in [0.4, 0.5) is 5.95 Å². The first-order valence-corrected chi connectivity index (χ1v) is 7.14. The van der Waals surface area contributed by atoms with Crippen LogP contribution < -0.4 is 5.32 Å². The maximum atomic E-state index is 10.1. The summed E-state index contributed by atoms with van der Waals surface area (Å²) in [6.07, 6.45) is -1.86. The van der Waals surface area contributed by atoms with Gasteiger partial charge in [0.25, 0.3) is 0 Å². The molecule has 0 spiro atoms. The van der Waals surface area contributed by atoms with Gasteiger partial charge in [0.1, 0.15) is 23.8 Å². The SMILES string of the molecule is CCc1nc(NC)nc2c1ncn2[C@@H]1O[C@H](CO)[C@@H](O)[C@H]1O. The fraction of sp³-hybridized carbons (Fsp3) is 0.615. The second kappa shape index (κ2) is 5.76. The van der Waals surface area contributed by atoms with E-state index >= 15 is 0 Å². The second-order valence-electron chi connectivity index (χ2n) is 5.15. The number of aryl methyl sites for hydroxylation is 1. The first kappa shape index (κ1) is 15.1. The smallest absolute Gasteiger partial charge is 0.224 e. The van der Waals surface area contributed by atoms with Crippen LogP contribution in [0.2, 0.25) is 0 Å². The largest absolute Gasteiger partial charge is 0.394 e. The summed E-state index contributed by atoms with van der Waals surface area (Å²) in [6, 6.07) is 0. The molecule has 22 heavy (non-hydrogen) atoms. The van der Waals surface area contributed by atoms with Crippen LogP contribution in [0, 0.1) is 0 Å². The normalized spacial score (nSPS) is 28.4. The van der Waals surface area contributed by atoms with Crippen molar-refractivity contribution in [2.24, 2.45) is 0 Å². The number of hydrogen-bond donors (Lipinski definition) is 4. The van der Waals surface area contributed by atoms with E-state index in [-0.39, 0.29) is 6.61 Å². The Morgan fingerprint density at radius 2 is 2.09 bits per heavy atom. The van der Waals surface area contributed by atoms with E-state index in [1.165, 1.54) is 6.33 Å². The van der Waals surface area contributed by atoms with Crippen molar-refractivity contribution < 1.29 is 20.1 Å². The molecule has 1 aliphatic rings. The number of fused-ring (bicyclic) bond motifs is 1. The summed E-state index contributed by atoms with van der Waals surface area (Å²) >= 11 is 0. The summed E-state index contributed by atoms with van der Waals surface area (Å²) in [7, 11) is 1.72. The predicted octanol–water partition coefficient (Wildman–Crippen LogP) is -0.958. The number of nitrogens with one attached hydrogen (secondary N) is 1. The number of hydrogen-bond acceptors (Lipinski definition) is 8. The Morgan fingerprint density at radius 3 is 2.68 bits per heavy atom. The van der Waals surface area contributed by atoms with E-state index in [0.29, 0.717) is 23.5 Å². The zero-order valence-corrected chi connectivity index (χ0v) is 12.3. The molecular formula is C13H19N5O4. The molecule has 1 fully saturated rings. The van der Waals surface area contributed by atoms with Crippen LogP contribution in [0.15, 0.2) is 6.33 Å². The van der Waals surface area contributed by atoms with Gasteiger partial charge in [-0.1, -0.05) is 6.92 Å². The highest BCUT2D eigenvalue weighted by atomic mass is 16.6. The molecule has 9 heteroatoms. The predicted molar refractivity (Wildman–Crippen MR) is 77.3 cm³/mol. The number of aromatic nitrogens is 4. The first-order valence-electron chi connectivity index (χ1n) is 7.14. The molecule has 0 unspecified atom stereocenters. The third kappa shape index (κ3) is 2.22. The van der Waals surface area contributed by atoms with Crippen LogP contribution in [-0.2, 0) is 11.2 Å². The Balaban J connectivity index is 2.08. The molecule has 1 aliphatic heterocycles. The van der Waals surface area contributed by atoms with Gasteiger partial charge in [-0.25, -0.2) is 9.97 Å². The third-order valence-corrected chi connectivity index (χ3v) is 3.84. The molecule has 3 rings (SSSR count). The molecule has 0 aromatic carbocycles. The van der Waals surface area contributed by atoms with Crippen LogP contribution in [0.25, 0.3) is 11.2 Å². The van der Waals surface area contributed by atoms with Gasteiger partial charge in [-0.3, -0.25) is 4.57 Å². The topological polar surface area (TPSA) is 126 Å². The summed E-state index contributed by atoms with van der Waals surface area (Å²) in [4.78, 5) is 13.0. The summed E-state index contributed by atoms with van der Waals surface area (Å²) in [5.41, 5.74) is 1.91. The minimum atomic E-state index is -1.17. The Kier molecular flexibility index (Phi) is 3.96. The van der Waals surface area contributed by atoms with Crippen molar-refractivity contribution in [3.63, 3.8) is 0 Å². The van der Waals surface area contributed by atoms with Gasteiger partial charge in [0.15, 0.2) is 11.9 Å². The van der Waals surface area contributed by atoms with Crippen LogP contribution in [0.3, 0.4) is 0 Å². The van der Waals surface area contributed by atoms with Gasteiger partial charge in [0, 0.05) is 7.05 Å². The summed E-state index contributed by atoms with van der Waals surface area (Å²) in [5.74, 6) is 0.442. The van der Waals surface area contributed by atoms with Gasteiger partial charge in [-0.2, -0.15) is 4.98 Å². The average Bonchev–Trinajstić information content (AvgIpc) is 3.08. The molecule has 0 radical (unpaired) electrons. The second-order valence-corrected chi connectivity index (χ2v) is 5.15. The van der Waals surface area contributed by atoms with Crippen LogP contribution in [0.5, 0.6) is 0 Å². The molecule has 2 aromatic heterocycles. The number of rotatable bonds is 4. The van der Waals surface area contributed by atoms with E-state index in [0.717, 1.165) is 5.69 Å². The summed E-state index contributed by atoms with van der Waals surface area (Å²) < 4.78 is 7.08. The van der Waals surface area contributed by atoms with E-state index < -0.39 is 24.5 Å². The molecule has 2 aromatic rings. The number of imidazole rings is 1. The van der Waals surface area contributed by atoms with Crippen molar-refractivity contribution in [1.82, 2.24) is 19.5 Å². The molecule has 120 valence electrons. The Bertz CT molecular complexity index is 676. The number of aliphatic hydroxyl groups is 3. The van der Waals surface area contributed by atoms with E-state index in [1.807, 2.05) is 6.92 Å². The molecule has 4 N–H and O–H groups in total. The highest BCUT2D eigenvalue weighted by molar-refractivity contribution is 5.75. The van der Waals surface area contributed by atoms with Crippen molar-refractivity contribution >= 4 is 17.1 Å². The van der Waals surface area contributed by atoms with Gasteiger partial charge in [-0.15, -0.1) is 0 Å². The van der Waals surface area contributed by atoms with Crippen LogP contribution in [0.1, 0.15) is 18.8 Å². The lowest BCUT2D eigenvalue weighted by atomic mass is 10.1. The third-order valence-electron chi connectivity index (χ3n) is 3.84. The molecule has 0 bridgehead atoms. The monoisotopic (exact) mass is 309 g/mol. The zero-order chi connectivity index (χ0) is 15.9. The van der Waals surface area contributed by atoms with Crippen LogP contribution >= 0.6 is 0 Å². The fourth-order valence-corrected chi connectivity index (χ4v) is 2.63. The molecule has 0 aliphatic carbocycles. The molecule has 1 saturated heterocycles. The highest BCUT2D eigenvalue weighted by Gasteiger charge is 2.44. The maximum Gasteiger partial charge on any atom is 0.224 e. The average molecular weight is 309 g/mol. The molecule has 4 atom stereocenters. The molecule has 0 saturated carbocycles. The standard InChI is InChI=1S/C13H19N5O4/c1-3-6-8-11(17-13(14-2)16-6)18(5-15-8)12-10(21)9(20)7(4-19)22-12/h5,7,9-10,12,19-21H,3-4H2,1-2H3,(H,14,16,17)/t7-,9-,10-,12-/m1/s1. The first-order chi connectivity index (χ1) is 10.6. The molecule has 9 nitrogen and oxygen atoms in total. The van der Waals surface area contributed by atoms with Crippen molar-refractivity contribution in [3.05, 3.63) is 12.0 Å². The number of ether oxygens (including phenoxy) is 1. The van der Waals surface area contributed by atoms with Crippen molar-refractivity contribution in [2.45, 2.75) is 37.9 Å². The van der Waals surface area contributed by atoms with Gasteiger partial charge in [0.2, 0.25) is 5.95 Å². The van der Waals surface area contributed by atoms with E-state index in [1.54, 1.807) is 11.6 Å². The lowest BCUT2D eigenvalue weighted by Gasteiger charge is -2.16. The van der Waals surface area contributed by atoms with Crippen LogP contribution in [-0.4, -0.2) is 66.8 Å².